The van der Waals surface area contributed by atoms with Gasteiger partial charge in [0.1, 0.15) is 0 Å². The molecule has 0 spiro atoms. The third-order valence-electron chi connectivity index (χ3n) is 2.78. The summed E-state index contributed by atoms with van der Waals surface area (Å²) in [6.45, 7) is 15.4. The molecule has 0 aliphatic carbocycles. The second kappa shape index (κ2) is 4.69. The van der Waals surface area contributed by atoms with Gasteiger partial charge in [-0.1, -0.05) is 47.1 Å². The molecule has 0 saturated heterocycles. The molecule has 0 aromatic heterocycles. The SMILES string of the molecule is C=CC(C)C[C@H](CC)C(C)(C)C. The van der Waals surface area contributed by atoms with Crippen molar-refractivity contribution in [3.8, 4) is 0 Å². The second-order valence-corrected chi connectivity index (χ2v) is 4.92. The van der Waals surface area contributed by atoms with Crippen LogP contribution in [0.2, 0.25) is 0 Å². The van der Waals surface area contributed by atoms with Crippen LogP contribution >= 0.6 is 0 Å². The first-order valence-corrected chi connectivity index (χ1v) is 5.04. The summed E-state index contributed by atoms with van der Waals surface area (Å²) >= 11 is 0. The Morgan fingerprint density at radius 2 is 1.83 bits per heavy atom. The van der Waals surface area contributed by atoms with Crippen molar-refractivity contribution in [3.05, 3.63) is 12.7 Å². The molecule has 0 nitrogen and oxygen atoms in total. The monoisotopic (exact) mass is 168 g/mol. The van der Waals surface area contributed by atoms with E-state index < -0.39 is 0 Å². The molecule has 0 aliphatic heterocycles. The lowest BCUT2D eigenvalue weighted by Gasteiger charge is -2.31. The first kappa shape index (κ1) is 11.7. The van der Waals surface area contributed by atoms with E-state index in [4.69, 9.17) is 0 Å². The highest BCUT2D eigenvalue weighted by Crippen LogP contribution is 2.33. The van der Waals surface area contributed by atoms with E-state index in [1.165, 1.54) is 12.8 Å². The number of hydrogen-bond acceptors (Lipinski definition) is 0. The fourth-order valence-electron chi connectivity index (χ4n) is 1.68. The Labute approximate surface area is 78.1 Å². The van der Waals surface area contributed by atoms with Crippen molar-refractivity contribution < 1.29 is 0 Å². The molecule has 0 saturated carbocycles. The first-order chi connectivity index (χ1) is 5.41. The van der Waals surface area contributed by atoms with Crippen molar-refractivity contribution in [1.82, 2.24) is 0 Å². The maximum absolute atomic E-state index is 3.83. The first-order valence-electron chi connectivity index (χ1n) is 5.04. The van der Waals surface area contributed by atoms with Crippen LogP contribution in [0.1, 0.15) is 47.5 Å². The van der Waals surface area contributed by atoms with Crippen molar-refractivity contribution in [2.24, 2.45) is 17.3 Å². The van der Waals surface area contributed by atoms with Crippen molar-refractivity contribution >= 4 is 0 Å². The van der Waals surface area contributed by atoms with Crippen LogP contribution in [0.3, 0.4) is 0 Å². The third kappa shape index (κ3) is 3.94. The van der Waals surface area contributed by atoms with Crippen LogP contribution < -0.4 is 0 Å². The molecular weight excluding hydrogens is 144 g/mol. The van der Waals surface area contributed by atoms with Crippen molar-refractivity contribution in [2.45, 2.75) is 47.5 Å². The number of hydrogen-bond donors (Lipinski definition) is 0. The maximum atomic E-state index is 3.83. The molecule has 0 bridgehead atoms. The van der Waals surface area contributed by atoms with Crippen molar-refractivity contribution in [1.29, 1.82) is 0 Å². The Balaban J connectivity index is 4.08. The molecule has 0 heterocycles. The predicted octanol–water partition coefficient (Wildman–Crippen LogP) is 4.27. The highest BCUT2D eigenvalue weighted by molar-refractivity contribution is 4.81. The fraction of sp³-hybridized carbons (Fsp3) is 0.833. The summed E-state index contributed by atoms with van der Waals surface area (Å²) in [6.07, 6.45) is 4.62. The summed E-state index contributed by atoms with van der Waals surface area (Å²) in [7, 11) is 0. The average Bonchev–Trinajstić information content (AvgIpc) is 1.97. The van der Waals surface area contributed by atoms with E-state index in [1.54, 1.807) is 0 Å². The summed E-state index contributed by atoms with van der Waals surface area (Å²) in [5.74, 6) is 1.49. The summed E-state index contributed by atoms with van der Waals surface area (Å²) in [5, 5.41) is 0. The van der Waals surface area contributed by atoms with Gasteiger partial charge >= 0.3 is 0 Å². The largest absolute Gasteiger partial charge is 0.103 e. The molecule has 12 heavy (non-hydrogen) atoms. The Bertz CT molecular complexity index is 127. The topological polar surface area (TPSA) is 0 Å². The minimum absolute atomic E-state index is 0.450. The van der Waals surface area contributed by atoms with Crippen LogP contribution in [-0.2, 0) is 0 Å². The Kier molecular flexibility index (Phi) is 4.59. The Morgan fingerprint density at radius 3 is 2.08 bits per heavy atom. The highest BCUT2D eigenvalue weighted by atomic mass is 14.3. The molecule has 1 unspecified atom stereocenters. The molecule has 0 aliphatic rings. The molecule has 0 radical (unpaired) electrons. The quantitative estimate of drug-likeness (QED) is 0.550. The third-order valence-corrected chi connectivity index (χ3v) is 2.78. The van der Waals surface area contributed by atoms with Gasteiger partial charge in [-0.3, -0.25) is 0 Å². The van der Waals surface area contributed by atoms with Crippen LogP contribution in [0, 0.1) is 17.3 Å². The van der Waals surface area contributed by atoms with E-state index in [0.717, 1.165) is 5.92 Å². The van der Waals surface area contributed by atoms with Gasteiger partial charge in [-0.2, -0.15) is 0 Å². The minimum Gasteiger partial charge on any atom is -0.103 e. The molecule has 72 valence electrons. The molecule has 0 aromatic carbocycles. The van der Waals surface area contributed by atoms with E-state index in [2.05, 4.69) is 47.3 Å². The van der Waals surface area contributed by atoms with Gasteiger partial charge in [0.05, 0.1) is 0 Å². The van der Waals surface area contributed by atoms with Gasteiger partial charge in [-0.15, -0.1) is 6.58 Å². The standard InChI is InChI=1S/C12H24/c1-7-10(3)9-11(8-2)12(4,5)6/h7,10-11H,1,8-9H2,2-6H3/t10?,11-/m0/s1. The zero-order valence-corrected chi connectivity index (χ0v) is 9.35. The van der Waals surface area contributed by atoms with Gasteiger partial charge in [-0.05, 0) is 23.7 Å². The molecule has 0 fully saturated rings. The van der Waals surface area contributed by atoms with Gasteiger partial charge < -0.3 is 0 Å². The lowest BCUT2D eigenvalue weighted by atomic mass is 9.75. The molecule has 0 rings (SSSR count). The Hall–Kier alpha value is -0.260. The normalized spacial score (nSPS) is 17.1. The van der Waals surface area contributed by atoms with E-state index in [9.17, 15) is 0 Å². The smallest absolute Gasteiger partial charge is 0.0262 e. The summed E-state index contributed by atoms with van der Waals surface area (Å²) in [6, 6.07) is 0. The molecule has 2 atom stereocenters. The average molecular weight is 168 g/mol. The van der Waals surface area contributed by atoms with Crippen LogP contribution in [0.25, 0.3) is 0 Å². The number of rotatable bonds is 4. The fourth-order valence-corrected chi connectivity index (χ4v) is 1.68. The van der Waals surface area contributed by atoms with Gasteiger partial charge in [0, 0.05) is 0 Å². The minimum atomic E-state index is 0.450. The number of allylic oxidation sites excluding steroid dienone is 1. The van der Waals surface area contributed by atoms with Gasteiger partial charge in [0.2, 0.25) is 0 Å². The molecule has 0 heteroatoms. The van der Waals surface area contributed by atoms with Gasteiger partial charge in [-0.25, -0.2) is 0 Å². The van der Waals surface area contributed by atoms with Crippen LogP contribution in [0.4, 0.5) is 0 Å². The second-order valence-electron chi connectivity index (χ2n) is 4.92. The summed E-state index contributed by atoms with van der Waals surface area (Å²) in [5.41, 5.74) is 0.450. The lowest BCUT2D eigenvalue weighted by molar-refractivity contribution is 0.204. The van der Waals surface area contributed by atoms with Crippen LogP contribution in [0.5, 0.6) is 0 Å². The molecule has 0 aromatic rings. The van der Waals surface area contributed by atoms with E-state index >= 15 is 0 Å². The predicted molar refractivity (Wildman–Crippen MR) is 57.2 cm³/mol. The summed E-state index contributed by atoms with van der Waals surface area (Å²) in [4.78, 5) is 0. The molecule has 0 amide bonds. The van der Waals surface area contributed by atoms with E-state index in [0.29, 0.717) is 11.3 Å². The Morgan fingerprint density at radius 1 is 1.33 bits per heavy atom. The van der Waals surface area contributed by atoms with Gasteiger partial charge in [0.25, 0.3) is 0 Å². The van der Waals surface area contributed by atoms with E-state index in [1.807, 2.05) is 0 Å². The maximum Gasteiger partial charge on any atom is -0.0262 e. The van der Waals surface area contributed by atoms with Gasteiger partial charge in [0.15, 0.2) is 0 Å². The molecular formula is C12H24. The van der Waals surface area contributed by atoms with Crippen molar-refractivity contribution in [2.75, 3.05) is 0 Å². The lowest BCUT2D eigenvalue weighted by Crippen LogP contribution is -2.21. The zero-order valence-electron chi connectivity index (χ0n) is 9.35. The summed E-state index contributed by atoms with van der Waals surface area (Å²) < 4.78 is 0. The van der Waals surface area contributed by atoms with Crippen molar-refractivity contribution in [3.63, 3.8) is 0 Å². The highest BCUT2D eigenvalue weighted by Gasteiger charge is 2.23. The van der Waals surface area contributed by atoms with Crippen LogP contribution in [0.15, 0.2) is 12.7 Å². The zero-order chi connectivity index (χ0) is 9.78. The van der Waals surface area contributed by atoms with E-state index in [-0.39, 0.29) is 0 Å². The van der Waals surface area contributed by atoms with Crippen LogP contribution in [-0.4, -0.2) is 0 Å². The molecule has 0 N–H and O–H groups in total.